The molecule has 5 atom stereocenters. The molecule has 1 aliphatic carbocycles. The number of benzene rings is 4. The van der Waals surface area contributed by atoms with Crippen molar-refractivity contribution in [3.63, 3.8) is 0 Å². The van der Waals surface area contributed by atoms with E-state index in [1.807, 2.05) is 38.1 Å². The molecule has 0 unspecified atom stereocenters. The van der Waals surface area contributed by atoms with Gasteiger partial charge in [-0.3, -0.25) is 9.05 Å². The zero-order valence-corrected chi connectivity index (χ0v) is 29.0. The molecule has 0 bridgehead atoms. The maximum absolute atomic E-state index is 7.56. The van der Waals surface area contributed by atoms with Crippen molar-refractivity contribution in [2.24, 2.45) is 17.8 Å². The molecule has 2 saturated heterocycles. The Morgan fingerprint density at radius 2 is 1.00 bits per heavy atom. The molecular formula is C41H47O5P. The third-order valence-electron chi connectivity index (χ3n) is 10.3. The summed E-state index contributed by atoms with van der Waals surface area (Å²) in [6, 6.07) is 41.7. The number of fused-ring (bicyclic) bond motifs is 1. The van der Waals surface area contributed by atoms with Crippen LogP contribution in [-0.2, 0) is 34.2 Å². The number of hydrogen-bond acceptors (Lipinski definition) is 5. The highest BCUT2D eigenvalue weighted by Crippen LogP contribution is 2.66. The van der Waals surface area contributed by atoms with Gasteiger partial charge in [-0.15, -0.1) is 0 Å². The average Bonchev–Trinajstić information content (AvgIpc) is 3.37. The molecule has 4 aromatic carbocycles. The molecule has 246 valence electrons. The fourth-order valence-electron chi connectivity index (χ4n) is 8.05. The Kier molecular flexibility index (Phi) is 9.17. The van der Waals surface area contributed by atoms with E-state index in [-0.39, 0.29) is 6.10 Å². The van der Waals surface area contributed by atoms with Crippen LogP contribution in [0.1, 0.15) is 76.1 Å². The van der Waals surface area contributed by atoms with Crippen molar-refractivity contribution in [1.29, 1.82) is 0 Å². The maximum atomic E-state index is 7.56. The van der Waals surface area contributed by atoms with Crippen molar-refractivity contribution in [1.82, 2.24) is 0 Å². The minimum atomic E-state index is -1.98. The first-order valence-electron chi connectivity index (χ1n) is 17.2. The highest BCUT2D eigenvalue weighted by atomic mass is 31.2. The third kappa shape index (κ3) is 6.01. The van der Waals surface area contributed by atoms with Crippen molar-refractivity contribution >= 4 is 8.60 Å². The summed E-state index contributed by atoms with van der Waals surface area (Å²) in [6.45, 7) is 10.9. The average molecular weight is 651 g/mol. The smallest absolute Gasteiger partial charge is 0.335 e. The minimum absolute atomic E-state index is 0.00503. The van der Waals surface area contributed by atoms with E-state index in [1.165, 1.54) is 6.42 Å². The van der Waals surface area contributed by atoms with Gasteiger partial charge in [-0.1, -0.05) is 149 Å². The molecule has 3 fully saturated rings. The SMILES string of the molecule is CC(C)[C@@H]1CC[C@@H](C)C[C@H]1OP1OC(c2ccccc2)(c2ccccc2)[C@@H]2OC(C)(C)O[C@H]2C(c2ccccc2)(c2ccccc2)O1. The van der Waals surface area contributed by atoms with Crippen molar-refractivity contribution < 1.29 is 23.0 Å². The molecule has 0 spiro atoms. The Bertz CT molecular complexity index is 1410. The molecule has 2 aliphatic heterocycles. The monoisotopic (exact) mass is 650 g/mol. The quantitative estimate of drug-likeness (QED) is 0.186. The summed E-state index contributed by atoms with van der Waals surface area (Å²) in [6.07, 6.45) is 2.08. The van der Waals surface area contributed by atoms with Gasteiger partial charge in [0.05, 0.1) is 6.10 Å². The fourth-order valence-corrected chi connectivity index (χ4v) is 9.73. The van der Waals surface area contributed by atoms with Crippen LogP contribution in [0, 0.1) is 17.8 Å². The van der Waals surface area contributed by atoms with Crippen molar-refractivity contribution in [2.75, 3.05) is 0 Å². The first kappa shape index (κ1) is 32.6. The maximum Gasteiger partial charge on any atom is 0.335 e. The van der Waals surface area contributed by atoms with Gasteiger partial charge in [0.1, 0.15) is 12.2 Å². The van der Waals surface area contributed by atoms with Crippen LogP contribution >= 0.6 is 8.60 Å². The highest BCUT2D eigenvalue weighted by Gasteiger charge is 2.67. The van der Waals surface area contributed by atoms with Crippen LogP contribution in [0.2, 0.25) is 0 Å². The molecule has 0 aromatic heterocycles. The van der Waals surface area contributed by atoms with E-state index >= 15 is 0 Å². The van der Waals surface area contributed by atoms with Crippen molar-refractivity contribution in [3.8, 4) is 0 Å². The van der Waals surface area contributed by atoms with Crippen LogP contribution in [-0.4, -0.2) is 24.1 Å². The predicted molar refractivity (Wildman–Crippen MR) is 186 cm³/mol. The first-order valence-corrected chi connectivity index (χ1v) is 18.3. The van der Waals surface area contributed by atoms with Gasteiger partial charge in [0.2, 0.25) is 0 Å². The van der Waals surface area contributed by atoms with E-state index in [4.69, 9.17) is 23.0 Å². The molecule has 3 aliphatic rings. The first-order chi connectivity index (χ1) is 22.7. The summed E-state index contributed by atoms with van der Waals surface area (Å²) >= 11 is 0. The topological polar surface area (TPSA) is 46.2 Å². The van der Waals surface area contributed by atoms with Gasteiger partial charge >= 0.3 is 8.60 Å². The minimum Gasteiger partial charge on any atom is -0.341 e. The zero-order valence-electron chi connectivity index (χ0n) is 28.1. The molecule has 5 nitrogen and oxygen atoms in total. The molecule has 0 N–H and O–H groups in total. The van der Waals surface area contributed by atoms with E-state index in [9.17, 15) is 0 Å². The lowest BCUT2D eigenvalue weighted by Crippen LogP contribution is -2.53. The van der Waals surface area contributed by atoms with Gasteiger partial charge in [0.25, 0.3) is 0 Å². The van der Waals surface area contributed by atoms with Crippen molar-refractivity contribution in [2.45, 2.75) is 89.2 Å². The fraction of sp³-hybridized carbons (Fsp3) is 0.415. The molecule has 0 radical (unpaired) electrons. The van der Waals surface area contributed by atoms with E-state index in [0.717, 1.165) is 35.1 Å². The lowest BCUT2D eigenvalue weighted by atomic mass is 9.72. The standard InChI is InChI=1S/C41H47O5P/c1-29(2)35-27-26-30(3)28-36(35)44-47-45-40(31-18-10-6-11-19-31,32-20-12-7-13-21-32)37-38(43-39(4,5)42-37)41(46-47,33-22-14-8-15-23-33)34-24-16-9-17-25-34/h6-25,29-30,35-38H,26-28H2,1-5H3/t30-,35+,36-,37-,38-/m1/s1. The second-order valence-corrected chi connectivity index (χ2v) is 15.3. The Morgan fingerprint density at radius 3 is 1.36 bits per heavy atom. The van der Waals surface area contributed by atoms with Crippen molar-refractivity contribution in [3.05, 3.63) is 144 Å². The molecule has 7 rings (SSSR count). The Labute approximate surface area is 281 Å². The molecule has 6 heteroatoms. The second-order valence-electron chi connectivity index (χ2n) is 14.3. The van der Waals surface area contributed by atoms with Gasteiger partial charge in [0.15, 0.2) is 17.0 Å². The summed E-state index contributed by atoms with van der Waals surface area (Å²) < 4.78 is 36.6. The van der Waals surface area contributed by atoms with E-state index in [0.29, 0.717) is 17.8 Å². The third-order valence-corrected chi connectivity index (χ3v) is 11.6. The summed E-state index contributed by atoms with van der Waals surface area (Å²) in [4.78, 5) is 0. The lowest BCUT2D eigenvalue weighted by molar-refractivity contribution is -0.177. The van der Waals surface area contributed by atoms with Gasteiger partial charge < -0.3 is 14.0 Å². The van der Waals surface area contributed by atoms with Crippen LogP contribution in [0.5, 0.6) is 0 Å². The highest BCUT2D eigenvalue weighted by molar-refractivity contribution is 7.41. The molecular weight excluding hydrogens is 603 g/mol. The Balaban J connectivity index is 1.51. The van der Waals surface area contributed by atoms with Gasteiger partial charge in [-0.2, -0.15) is 0 Å². The summed E-state index contributed by atoms with van der Waals surface area (Å²) in [7, 11) is -1.98. The summed E-state index contributed by atoms with van der Waals surface area (Å²) in [5.41, 5.74) is 1.66. The Hall–Kier alpha value is -2.89. The van der Waals surface area contributed by atoms with E-state index in [2.05, 4.69) is 118 Å². The van der Waals surface area contributed by atoms with E-state index in [1.54, 1.807) is 0 Å². The van der Waals surface area contributed by atoms with Crippen LogP contribution in [0.3, 0.4) is 0 Å². The number of ether oxygens (including phenoxy) is 2. The van der Waals surface area contributed by atoms with Gasteiger partial charge in [-0.05, 0) is 66.7 Å². The molecule has 0 amide bonds. The molecule has 2 heterocycles. The number of rotatable bonds is 7. The normalized spacial score (nSPS) is 28.4. The molecule has 47 heavy (non-hydrogen) atoms. The van der Waals surface area contributed by atoms with E-state index < -0.39 is 37.8 Å². The lowest BCUT2D eigenvalue weighted by Gasteiger charge is -2.42. The van der Waals surface area contributed by atoms with Gasteiger partial charge in [0, 0.05) is 0 Å². The Morgan fingerprint density at radius 1 is 0.617 bits per heavy atom. The summed E-state index contributed by atoms with van der Waals surface area (Å²) in [5, 5.41) is 0. The van der Waals surface area contributed by atoms with Crippen LogP contribution in [0.15, 0.2) is 121 Å². The van der Waals surface area contributed by atoms with Crippen LogP contribution in [0.4, 0.5) is 0 Å². The predicted octanol–water partition coefficient (Wildman–Crippen LogP) is 10.1. The molecule has 4 aromatic rings. The summed E-state index contributed by atoms with van der Waals surface area (Å²) in [5.74, 6) is 0.515. The number of hydrogen-bond donors (Lipinski definition) is 0. The second kappa shape index (κ2) is 13.2. The largest absolute Gasteiger partial charge is 0.341 e. The zero-order chi connectivity index (χ0) is 32.6. The molecule has 1 saturated carbocycles. The van der Waals surface area contributed by atoms with Crippen LogP contribution < -0.4 is 0 Å². The van der Waals surface area contributed by atoms with Gasteiger partial charge in [-0.25, -0.2) is 0 Å². The van der Waals surface area contributed by atoms with Crippen LogP contribution in [0.25, 0.3) is 0 Å².